The Morgan fingerprint density at radius 3 is 0.531 bits per heavy atom. The van der Waals surface area contributed by atoms with E-state index < -0.39 is 48.7 Å². The lowest BCUT2D eigenvalue weighted by molar-refractivity contribution is 0.444. The van der Waals surface area contributed by atoms with Gasteiger partial charge in [-0.2, -0.15) is 0 Å². The molecular weight excluding hydrogens is 877 g/mol. The Kier molecular flexibility index (Phi) is 11.4. The first-order chi connectivity index (χ1) is 13.4. The van der Waals surface area contributed by atoms with Crippen LogP contribution in [0.5, 0.6) is 0 Å². The van der Waals surface area contributed by atoms with E-state index in [1.807, 2.05) is 0 Å². The highest BCUT2D eigenvalue weighted by atomic mass is 35.6. The first kappa shape index (κ1) is 36.1. The molecule has 0 aromatic rings. The zero-order valence-corrected chi connectivity index (χ0v) is 29.4. The first-order valence-electron chi connectivity index (χ1n) is 6.83. The summed E-state index contributed by atoms with van der Waals surface area (Å²) in [4.78, 5) is 0. The Morgan fingerprint density at radius 1 is 0.250 bits per heavy atom. The number of halogens is 21. The first-order valence-corrected chi connectivity index (χ1v) is 14.8. The molecule has 0 amide bonds. The van der Waals surface area contributed by atoms with Crippen LogP contribution in [0, 0.1) is 0 Å². The number of hydrogen-bond acceptors (Lipinski definition) is 0. The highest BCUT2D eigenvalue weighted by Gasteiger charge is 2.86. The van der Waals surface area contributed by atoms with Crippen molar-refractivity contribution in [1.29, 1.82) is 0 Å². The van der Waals surface area contributed by atoms with Crippen LogP contribution in [-0.2, 0) is 0 Å². The predicted octanol–water partition coefficient (Wildman–Crippen LogP) is 12.3. The Balaban J connectivity index is 4.38. The van der Waals surface area contributed by atoms with Crippen LogP contribution in [0.2, 0.25) is 0 Å². The summed E-state index contributed by atoms with van der Waals surface area (Å²) in [6.45, 7) is 0. The van der Waals surface area contributed by atoms with Crippen molar-refractivity contribution in [2.45, 2.75) is 48.7 Å². The summed E-state index contributed by atoms with van der Waals surface area (Å²) in [5, 5.41) is -2.19. The quantitative estimate of drug-likeness (QED) is 0.213. The molecule has 0 unspecified atom stereocenters. The van der Waals surface area contributed by atoms with Gasteiger partial charge in [0.25, 0.3) is 0 Å². The molecule has 1 aliphatic rings. The summed E-state index contributed by atoms with van der Waals surface area (Å²) < 4.78 is -30.4. The molecule has 0 atom stereocenters. The average Bonchev–Trinajstić information content (AvgIpc) is 2.58. The molecule has 0 N–H and O–H groups in total. The lowest BCUT2D eigenvalue weighted by atomic mass is 10.0. The van der Waals surface area contributed by atoms with Gasteiger partial charge in [0.15, 0.2) is 43.3 Å². The summed E-state index contributed by atoms with van der Waals surface area (Å²) in [6, 6.07) is 0. The van der Waals surface area contributed by atoms with E-state index in [9.17, 15) is 0 Å². The summed E-state index contributed by atoms with van der Waals surface area (Å²) in [5.74, 6) is 0. The molecule has 1 fully saturated rings. The highest BCUT2D eigenvalue weighted by molar-refractivity contribution is 6.83. The van der Waals surface area contributed by atoms with Crippen molar-refractivity contribution in [3.05, 3.63) is 0 Å². The van der Waals surface area contributed by atoms with Crippen LogP contribution in [0.1, 0.15) is 0 Å². The van der Waals surface area contributed by atoms with Gasteiger partial charge in [-0.05, 0) is 0 Å². The van der Waals surface area contributed by atoms with Crippen molar-refractivity contribution in [3.63, 3.8) is 0 Å². The molecular formula is C11HCl21. The Hall–Kier alpha value is 6.09. The molecule has 21 heteroatoms. The maximum atomic E-state index is 6.32. The molecule has 0 spiro atoms. The van der Waals surface area contributed by atoms with E-state index in [0.717, 1.165) is 0 Å². The minimum atomic E-state index is -3.12. The van der Waals surface area contributed by atoms with Crippen molar-refractivity contribution in [2.75, 3.05) is 0 Å². The van der Waals surface area contributed by atoms with E-state index in [1.165, 1.54) is 0 Å². The Labute approximate surface area is 288 Å². The van der Waals surface area contributed by atoms with Crippen LogP contribution in [-0.4, -0.2) is 48.7 Å². The standard InChI is InChI=1S/C11HCl21/c12-1-2(13,14)4(17,18)6(21,22)8(25,26)10(29,30)11(31,32)9(27,28)7(23,24)5(19,20)3(1,15)16/h1H. The SMILES string of the molecule is ClC1C(Cl)(Cl)C(Cl)(Cl)C(Cl)(Cl)C(Cl)(Cl)C(Cl)(Cl)C(Cl)(Cl)C(Cl)(Cl)C(Cl)(Cl)C(Cl)(Cl)C1(Cl)Cl. The minimum absolute atomic E-state index is 2.19. The second-order valence-electron chi connectivity index (χ2n) is 6.20. The molecule has 1 saturated carbocycles. The lowest BCUT2D eigenvalue weighted by Crippen LogP contribution is -2.71. The Bertz CT molecular complexity index is 681. The van der Waals surface area contributed by atoms with Crippen molar-refractivity contribution >= 4 is 244 Å². The third-order valence-corrected chi connectivity index (χ3v) is 20.0. The summed E-state index contributed by atoms with van der Waals surface area (Å²) >= 11 is 133. The topological polar surface area (TPSA) is 0 Å². The molecule has 0 nitrogen and oxygen atoms in total. The third kappa shape index (κ3) is 4.53. The molecule has 0 aromatic heterocycles. The second-order valence-corrected chi connectivity index (χ2v) is 20.0. The second kappa shape index (κ2) is 10.1. The van der Waals surface area contributed by atoms with Crippen LogP contribution in [0.15, 0.2) is 0 Å². The van der Waals surface area contributed by atoms with Gasteiger partial charge in [0.05, 0.1) is 0 Å². The molecule has 0 radical (unpaired) electrons. The zero-order chi connectivity index (χ0) is 26.6. The maximum Gasteiger partial charge on any atom is 0.189 e. The van der Waals surface area contributed by atoms with E-state index in [2.05, 4.69) is 0 Å². The van der Waals surface area contributed by atoms with Crippen LogP contribution in [0.3, 0.4) is 0 Å². The van der Waals surface area contributed by atoms with Gasteiger partial charge in [0.1, 0.15) is 5.38 Å². The highest BCUT2D eigenvalue weighted by Crippen LogP contribution is 2.76. The van der Waals surface area contributed by atoms with Gasteiger partial charge in [0, 0.05) is 0 Å². The van der Waals surface area contributed by atoms with E-state index in [1.54, 1.807) is 0 Å². The van der Waals surface area contributed by atoms with Gasteiger partial charge in [-0.3, -0.25) is 0 Å². The molecule has 0 heterocycles. The molecule has 0 aliphatic heterocycles. The zero-order valence-electron chi connectivity index (χ0n) is 13.5. The molecule has 32 heavy (non-hydrogen) atoms. The van der Waals surface area contributed by atoms with Crippen molar-refractivity contribution in [2.24, 2.45) is 0 Å². The molecule has 0 bridgehead atoms. The lowest BCUT2D eigenvalue weighted by Gasteiger charge is -2.54. The van der Waals surface area contributed by atoms with E-state index in [-0.39, 0.29) is 0 Å². The normalized spacial score (nSPS) is 33.7. The van der Waals surface area contributed by atoms with Crippen LogP contribution in [0.25, 0.3) is 0 Å². The van der Waals surface area contributed by atoms with Crippen molar-refractivity contribution in [3.8, 4) is 0 Å². The molecule has 192 valence electrons. The van der Waals surface area contributed by atoms with Gasteiger partial charge in [-0.1, -0.05) is 232 Å². The number of hydrogen-bond donors (Lipinski definition) is 0. The van der Waals surface area contributed by atoms with Crippen LogP contribution < -0.4 is 0 Å². The molecule has 1 rings (SSSR count). The fourth-order valence-electron chi connectivity index (χ4n) is 2.15. The monoisotopic (exact) mass is 867 g/mol. The largest absolute Gasteiger partial charge is 0.189 e. The molecule has 0 aromatic carbocycles. The van der Waals surface area contributed by atoms with Crippen molar-refractivity contribution < 1.29 is 0 Å². The number of alkyl halides is 21. The van der Waals surface area contributed by atoms with Crippen molar-refractivity contribution in [1.82, 2.24) is 0 Å². The predicted molar refractivity (Wildman–Crippen MR) is 154 cm³/mol. The number of rotatable bonds is 0. The van der Waals surface area contributed by atoms with E-state index in [0.29, 0.717) is 0 Å². The van der Waals surface area contributed by atoms with Gasteiger partial charge in [0.2, 0.25) is 0 Å². The fourth-order valence-corrected chi connectivity index (χ4v) is 10.1. The van der Waals surface area contributed by atoms with E-state index in [4.69, 9.17) is 244 Å². The van der Waals surface area contributed by atoms with Crippen LogP contribution in [0.4, 0.5) is 0 Å². The fraction of sp³-hybridized carbons (Fsp3) is 1.00. The third-order valence-electron chi connectivity index (χ3n) is 4.23. The average molecular weight is 878 g/mol. The summed E-state index contributed by atoms with van der Waals surface area (Å²) in [6.07, 6.45) is 0. The van der Waals surface area contributed by atoms with Crippen LogP contribution >= 0.6 is 244 Å². The minimum Gasteiger partial charge on any atom is -0.116 e. The summed E-state index contributed by atoms with van der Waals surface area (Å²) in [5.41, 5.74) is 0. The Morgan fingerprint density at radius 2 is 0.375 bits per heavy atom. The van der Waals surface area contributed by atoms with Gasteiger partial charge in [-0.15, -0.1) is 11.6 Å². The van der Waals surface area contributed by atoms with Gasteiger partial charge < -0.3 is 0 Å². The summed E-state index contributed by atoms with van der Waals surface area (Å²) in [7, 11) is 0. The van der Waals surface area contributed by atoms with E-state index >= 15 is 0 Å². The smallest absolute Gasteiger partial charge is 0.116 e. The van der Waals surface area contributed by atoms with Gasteiger partial charge in [-0.25, -0.2) is 0 Å². The van der Waals surface area contributed by atoms with Gasteiger partial charge >= 0.3 is 0 Å². The molecule has 1 aliphatic carbocycles. The molecule has 0 saturated heterocycles. The maximum absolute atomic E-state index is 6.32.